The summed E-state index contributed by atoms with van der Waals surface area (Å²) in [6.45, 7) is 15.0. The first kappa shape index (κ1) is 11.2. The van der Waals surface area contributed by atoms with Crippen molar-refractivity contribution in [3.8, 4) is 0 Å². The van der Waals surface area contributed by atoms with Gasteiger partial charge in [0.05, 0.1) is 0 Å². The lowest BCUT2D eigenvalue weighted by atomic mass is 10.1. The second kappa shape index (κ2) is 6.90. The third kappa shape index (κ3) is 7.33. The fraction of sp³-hybridized carbons (Fsp3) is 0.500. The van der Waals surface area contributed by atoms with Gasteiger partial charge in [-0.15, -0.1) is 0 Å². The van der Waals surface area contributed by atoms with Crippen LogP contribution < -0.4 is 0 Å². The zero-order valence-electron chi connectivity index (χ0n) is 8.10. The van der Waals surface area contributed by atoms with Gasteiger partial charge in [-0.05, 0) is 32.6 Å². The SMILES string of the molecule is [CH]=C(C)CCCCCC(=C)C=C. The van der Waals surface area contributed by atoms with Crippen molar-refractivity contribution in [3.63, 3.8) is 0 Å². The van der Waals surface area contributed by atoms with Crippen molar-refractivity contribution in [2.24, 2.45) is 0 Å². The fourth-order valence-electron chi connectivity index (χ4n) is 1.03. The van der Waals surface area contributed by atoms with Gasteiger partial charge in [-0.2, -0.15) is 0 Å². The van der Waals surface area contributed by atoms with Crippen LogP contribution in [-0.2, 0) is 0 Å². The van der Waals surface area contributed by atoms with Crippen LogP contribution in [0.5, 0.6) is 0 Å². The number of allylic oxidation sites excluding steroid dienone is 3. The molecule has 0 bridgehead atoms. The minimum atomic E-state index is 1.04. The molecule has 0 aliphatic heterocycles. The molecular formula is C12H19. The first-order valence-corrected chi connectivity index (χ1v) is 4.55. The van der Waals surface area contributed by atoms with E-state index in [0.717, 1.165) is 24.0 Å². The Morgan fingerprint density at radius 1 is 1.25 bits per heavy atom. The van der Waals surface area contributed by atoms with E-state index < -0.39 is 0 Å². The van der Waals surface area contributed by atoms with E-state index in [0.29, 0.717) is 0 Å². The number of hydrogen-bond acceptors (Lipinski definition) is 0. The predicted octanol–water partition coefficient (Wildman–Crippen LogP) is 4.06. The summed E-state index contributed by atoms with van der Waals surface area (Å²) >= 11 is 0. The van der Waals surface area contributed by atoms with E-state index >= 15 is 0 Å². The zero-order chi connectivity index (χ0) is 9.40. The molecule has 0 amide bonds. The van der Waals surface area contributed by atoms with Crippen molar-refractivity contribution in [2.45, 2.75) is 39.0 Å². The van der Waals surface area contributed by atoms with Crippen molar-refractivity contribution in [1.29, 1.82) is 0 Å². The highest BCUT2D eigenvalue weighted by atomic mass is 14.0. The Hall–Kier alpha value is -0.780. The lowest BCUT2D eigenvalue weighted by Crippen LogP contribution is -1.81. The zero-order valence-corrected chi connectivity index (χ0v) is 8.10. The molecule has 0 saturated heterocycles. The maximum Gasteiger partial charge on any atom is -0.0285 e. The average molecular weight is 163 g/mol. The van der Waals surface area contributed by atoms with Gasteiger partial charge in [0.25, 0.3) is 0 Å². The first-order valence-electron chi connectivity index (χ1n) is 4.55. The standard InChI is InChI=1S/C12H19/c1-5-12(4)10-8-6-7-9-11(2)3/h2,5H,1,4,6-10H2,3H3. The van der Waals surface area contributed by atoms with Gasteiger partial charge in [-0.1, -0.05) is 43.4 Å². The summed E-state index contributed by atoms with van der Waals surface area (Å²) in [5, 5.41) is 0. The molecule has 0 spiro atoms. The van der Waals surface area contributed by atoms with E-state index in [9.17, 15) is 0 Å². The molecule has 0 atom stereocenters. The monoisotopic (exact) mass is 163 g/mol. The lowest BCUT2D eigenvalue weighted by molar-refractivity contribution is 0.678. The summed E-state index contributed by atoms with van der Waals surface area (Å²) in [6, 6.07) is 0. The van der Waals surface area contributed by atoms with Gasteiger partial charge < -0.3 is 0 Å². The quantitative estimate of drug-likeness (QED) is 0.392. The van der Waals surface area contributed by atoms with Crippen molar-refractivity contribution in [3.05, 3.63) is 37.0 Å². The molecule has 0 heteroatoms. The first-order chi connectivity index (χ1) is 5.66. The summed E-state index contributed by atoms with van der Waals surface area (Å²) in [5.74, 6) is 0. The molecule has 0 aromatic carbocycles. The van der Waals surface area contributed by atoms with Gasteiger partial charge >= 0.3 is 0 Å². The summed E-state index contributed by atoms with van der Waals surface area (Å²) in [4.78, 5) is 0. The Balaban J connectivity index is 3.16. The largest absolute Gasteiger partial charge is 0.0988 e. The van der Waals surface area contributed by atoms with Crippen molar-refractivity contribution < 1.29 is 0 Å². The van der Waals surface area contributed by atoms with E-state index in [1.807, 2.05) is 13.0 Å². The van der Waals surface area contributed by atoms with Crippen molar-refractivity contribution >= 4 is 0 Å². The Morgan fingerprint density at radius 2 is 1.83 bits per heavy atom. The lowest BCUT2D eigenvalue weighted by Gasteiger charge is -2.00. The third-order valence-corrected chi connectivity index (χ3v) is 1.86. The van der Waals surface area contributed by atoms with E-state index in [2.05, 4.69) is 13.2 Å². The summed E-state index contributed by atoms with van der Waals surface area (Å²) in [5.41, 5.74) is 2.18. The highest BCUT2D eigenvalue weighted by molar-refractivity contribution is 5.10. The van der Waals surface area contributed by atoms with Crippen LogP contribution in [0.3, 0.4) is 0 Å². The molecule has 0 aromatic heterocycles. The van der Waals surface area contributed by atoms with Crippen molar-refractivity contribution in [2.75, 3.05) is 0 Å². The summed E-state index contributed by atoms with van der Waals surface area (Å²) in [7, 11) is 0. The van der Waals surface area contributed by atoms with E-state index in [4.69, 9.17) is 6.58 Å². The normalized spacial score (nSPS) is 9.42. The topological polar surface area (TPSA) is 0 Å². The fourth-order valence-corrected chi connectivity index (χ4v) is 1.03. The van der Waals surface area contributed by atoms with Crippen LogP contribution >= 0.6 is 0 Å². The Labute approximate surface area is 76.7 Å². The van der Waals surface area contributed by atoms with Crippen LogP contribution in [0.15, 0.2) is 30.4 Å². The van der Waals surface area contributed by atoms with Gasteiger partial charge in [0.15, 0.2) is 0 Å². The molecular weight excluding hydrogens is 144 g/mol. The smallest absolute Gasteiger partial charge is 0.0285 e. The molecule has 0 aliphatic rings. The molecule has 0 saturated carbocycles. The molecule has 0 N–H and O–H groups in total. The molecule has 0 rings (SSSR count). The minimum Gasteiger partial charge on any atom is -0.0988 e. The van der Waals surface area contributed by atoms with Gasteiger partial charge in [0.2, 0.25) is 0 Å². The second-order valence-electron chi connectivity index (χ2n) is 3.27. The third-order valence-electron chi connectivity index (χ3n) is 1.86. The van der Waals surface area contributed by atoms with Crippen LogP contribution in [-0.4, -0.2) is 0 Å². The highest BCUT2D eigenvalue weighted by Crippen LogP contribution is 2.11. The Bertz CT molecular complexity index is 163. The average Bonchev–Trinajstić information content (AvgIpc) is 2.03. The maximum absolute atomic E-state index is 5.54. The number of hydrogen-bond donors (Lipinski definition) is 0. The van der Waals surface area contributed by atoms with Crippen LogP contribution in [0, 0.1) is 6.58 Å². The second-order valence-corrected chi connectivity index (χ2v) is 3.27. The summed E-state index contributed by atoms with van der Waals surface area (Å²) < 4.78 is 0. The number of rotatable bonds is 7. The number of unbranched alkanes of at least 4 members (excludes halogenated alkanes) is 2. The van der Waals surface area contributed by atoms with Crippen LogP contribution in [0.4, 0.5) is 0 Å². The predicted molar refractivity (Wildman–Crippen MR) is 55.9 cm³/mol. The Morgan fingerprint density at radius 3 is 2.33 bits per heavy atom. The molecule has 0 fully saturated rings. The molecule has 0 aromatic rings. The van der Waals surface area contributed by atoms with E-state index in [-0.39, 0.29) is 0 Å². The Kier molecular flexibility index (Phi) is 6.45. The van der Waals surface area contributed by atoms with E-state index in [1.54, 1.807) is 0 Å². The van der Waals surface area contributed by atoms with Crippen LogP contribution in [0.25, 0.3) is 0 Å². The molecule has 1 radical (unpaired) electrons. The highest BCUT2D eigenvalue weighted by Gasteiger charge is 1.91. The molecule has 0 heterocycles. The maximum atomic E-state index is 5.54. The van der Waals surface area contributed by atoms with Gasteiger partial charge in [-0.3, -0.25) is 0 Å². The summed E-state index contributed by atoms with van der Waals surface area (Å²) in [6.07, 6.45) is 7.61. The molecule has 0 unspecified atom stereocenters. The molecule has 67 valence electrons. The molecule has 0 aliphatic carbocycles. The van der Waals surface area contributed by atoms with E-state index in [1.165, 1.54) is 19.3 Å². The molecule has 0 nitrogen and oxygen atoms in total. The van der Waals surface area contributed by atoms with Gasteiger partial charge in [0.1, 0.15) is 0 Å². The van der Waals surface area contributed by atoms with Crippen LogP contribution in [0.2, 0.25) is 0 Å². The minimum absolute atomic E-state index is 1.04. The van der Waals surface area contributed by atoms with Gasteiger partial charge in [-0.25, -0.2) is 0 Å². The van der Waals surface area contributed by atoms with Gasteiger partial charge in [0, 0.05) is 0 Å². The van der Waals surface area contributed by atoms with Crippen LogP contribution in [0.1, 0.15) is 39.0 Å². The van der Waals surface area contributed by atoms with Crippen molar-refractivity contribution in [1.82, 2.24) is 0 Å². The molecule has 12 heavy (non-hydrogen) atoms.